The van der Waals surface area contributed by atoms with E-state index in [9.17, 15) is 13.6 Å². The summed E-state index contributed by atoms with van der Waals surface area (Å²) in [5.41, 5.74) is 0.787. The van der Waals surface area contributed by atoms with Gasteiger partial charge in [-0.15, -0.1) is 0 Å². The second-order valence-corrected chi connectivity index (χ2v) is 6.80. The van der Waals surface area contributed by atoms with Crippen LogP contribution in [0.3, 0.4) is 0 Å². The standard InChI is InChI=1S/C17H11BrF2N2O2S/c18-11-3-6-14(13(20)7-11)22-16(23)9-25-17-21-8-15(24-17)10-1-4-12(19)5-2-10/h1-8H,9H2,(H,22,23). The van der Waals surface area contributed by atoms with Crippen LogP contribution >= 0.6 is 27.7 Å². The van der Waals surface area contributed by atoms with Crippen molar-refractivity contribution in [2.24, 2.45) is 0 Å². The second-order valence-electron chi connectivity index (χ2n) is 4.96. The van der Waals surface area contributed by atoms with Gasteiger partial charge in [0.15, 0.2) is 5.76 Å². The summed E-state index contributed by atoms with van der Waals surface area (Å²) in [7, 11) is 0. The van der Waals surface area contributed by atoms with E-state index in [1.807, 2.05) is 0 Å². The highest BCUT2D eigenvalue weighted by Gasteiger charge is 2.11. The van der Waals surface area contributed by atoms with Crippen molar-refractivity contribution < 1.29 is 18.0 Å². The number of aromatic nitrogens is 1. The van der Waals surface area contributed by atoms with E-state index >= 15 is 0 Å². The normalized spacial score (nSPS) is 10.7. The number of amides is 1. The van der Waals surface area contributed by atoms with Crippen LogP contribution < -0.4 is 5.32 Å². The van der Waals surface area contributed by atoms with E-state index in [0.717, 1.165) is 11.8 Å². The van der Waals surface area contributed by atoms with Crippen LogP contribution in [0.2, 0.25) is 0 Å². The lowest BCUT2D eigenvalue weighted by Gasteiger charge is -2.05. The fourth-order valence-corrected chi connectivity index (χ4v) is 2.91. The molecule has 0 spiro atoms. The van der Waals surface area contributed by atoms with E-state index in [1.54, 1.807) is 18.2 Å². The number of halogens is 3. The van der Waals surface area contributed by atoms with Gasteiger partial charge in [-0.1, -0.05) is 27.7 Å². The van der Waals surface area contributed by atoms with Gasteiger partial charge >= 0.3 is 0 Å². The number of nitrogens with one attached hydrogen (secondary N) is 1. The highest BCUT2D eigenvalue weighted by atomic mass is 79.9. The SMILES string of the molecule is O=C(CSc1ncc(-c2ccc(F)cc2)o1)Nc1ccc(Br)cc1F. The van der Waals surface area contributed by atoms with Gasteiger partial charge in [-0.05, 0) is 42.5 Å². The first kappa shape index (κ1) is 17.6. The Morgan fingerprint density at radius 1 is 1.20 bits per heavy atom. The molecule has 128 valence electrons. The van der Waals surface area contributed by atoms with Crippen molar-refractivity contribution >= 4 is 39.3 Å². The maximum atomic E-state index is 13.7. The first-order valence-corrected chi connectivity index (χ1v) is 8.88. The topological polar surface area (TPSA) is 55.1 Å². The molecule has 1 aromatic heterocycles. The van der Waals surface area contributed by atoms with Crippen molar-refractivity contribution in [1.82, 2.24) is 4.98 Å². The Morgan fingerprint density at radius 2 is 1.96 bits per heavy atom. The fraction of sp³-hybridized carbons (Fsp3) is 0.0588. The molecule has 1 N–H and O–H groups in total. The third-order valence-corrected chi connectivity index (χ3v) is 4.48. The van der Waals surface area contributed by atoms with Crippen molar-refractivity contribution in [2.75, 3.05) is 11.1 Å². The number of rotatable bonds is 5. The number of thioether (sulfide) groups is 1. The number of hydrogen-bond donors (Lipinski definition) is 1. The molecule has 25 heavy (non-hydrogen) atoms. The molecule has 8 heteroatoms. The lowest BCUT2D eigenvalue weighted by atomic mass is 10.2. The van der Waals surface area contributed by atoms with Gasteiger partial charge < -0.3 is 9.73 Å². The van der Waals surface area contributed by atoms with E-state index in [0.29, 0.717) is 21.0 Å². The number of hydrogen-bond acceptors (Lipinski definition) is 4. The van der Waals surface area contributed by atoms with Gasteiger partial charge in [-0.2, -0.15) is 0 Å². The summed E-state index contributed by atoms with van der Waals surface area (Å²) in [6, 6.07) is 10.2. The Labute approximate surface area is 154 Å². The summed E-state index contributed by atoms with van der Waals surface area (Å²) in [5, 5.41) is 2.78. The third kappa shape index (κ3) is 4.67. The largest absolute Gasteiger partial charge is 0.431 e. The monoisotopic (exact) mass is 424 g/mol. The van der Waals surface area contributed by atoms with Crippen LogP contribution in [0.5, 0.6) is 0 Å². The molecule has 0 aliphatic heterocycles. The summed E-state index contributed by atoms with van der Waals surface area (Å²) in [6.07, 6.45) is 1.50. The molecule has 3 rings (SSSR count). The Bertz CT molecular complexity index is 900. The highest BCUT2D eigenvalue weighted by molar-refractivity contribution is 9.10. The minimum absolute atomic E-state index is 0.0128. The number of nitrogens with zero attached hydrogens (tertiary/aromatic N) is 1. The molecule has 0 saturated carbocycles. The molecule has 0 bridgehead atoms. The number of anilines is 1. The van der Waals surface area contributed by atoms with Crippen LogP contribution in [0.15, 0.2) is 62.8 Å². The zero-order chi connectivity index (χ0) is 17.8. The second kappa shape index (κ2) is 7.79. The number of benzene rings is 2. The zero-order valence-corrected chi connectivity index (χ0v) is 15.0. The van der Waals surface area contributed by atoms with Crippen molar-refractivity contribution in [3.63, 3.8) is 0 Å². The van der Waals surface area contributed by atoms with E-state index in [2.05, 4.69) is 26.2 Å². The van der Waals surface area contributed by atoms with E-state index in [-0.39, 0.29) is 23.2 Å². The summed E-state index contributed by atoms with van der Waals surface area (Å²) < 4.78 is 32.7. The molecule has 0 aliphatic carbocycles. The quantitative estimate of drug-likeness (QED) is 0.577. The van der Waals surface area contributed by atoms with Gasteiger partial charge in [-0.3, -0.25) is 4.79 Å². The molecular formula is C17H11BrF2N2O2S. The molecule has 1 heterocycles. The maximum Gasteiger partial charge on any atom is 0.256 e. The summed E-state index contributed by atoms with van der Waals surface area (Å²) in [4.78, 5) is 16.0. The molecule has 0 aliphatic rings. The van der Waals surface area contributed by atoms with Crippen LogP contribution in [0.25, 0.3) is 11.3 Å². The van der Waals surface area contributed by atoms with E-state index in [1.165, 1.54) is 30.5 Å². The molecule has 0 saturated heterocycles. The Kier molecular flexibility index (Phi) is 5.50. The van der Waals surface area contributed by atoms with Crippen molar-refractivity contribution in [3.8, 4) is 11.3 Å². The Hall–Kier alpha value is -2.19. The fourth-order valence-electron chi connectivity index (χ4n) is 1.98. The number of carbonyl (C=O) groups excluding carboxylic acids is 1. The number of carbonyl (C=O) groups is 1. The molecule has 1 amide bonds. The zero-order valence-electron chi connectivity index (χ0n) is 12.6. The predicted octanol–water partition coefficient (Wildman–Crippen LogP) is 5.11. The third-order valence-electron chi connectivity index (χ3n) is 3.15. The molecule has 4 nitrogen and oxygen atoms in total. The van der Waals surface area contributed by atoms with Crippen LogP contribution in [0.1, 0.15) is 0 Å². The molecule has 0 radical (unpaired) electrons. The average Bonchev–Trinajstić information content (AvgIpc) is 3.05. The molecule has 0 atom stereocenters. The predicted molar refractivity (Wildman–Crippen MR) is 95.4 cm³/mol. The van der Waals surface area contributed by atoms with Gasteiger partial charge in [0.1, 0.15) is 11.6 Å². The average molecular weight is 425 g/mol. The van der Waals surface area contributed by atoms with Gasteiger partial charge in [0.2, 0.25) is 5.91 Å². The minimum atomic E-state index is -0.526. The van der Waals surface area contributed by atoms with Gasteiger partial charge in [-0.25, -0.2) is 13.8 Å². The lowest BCUT2D eigenvalue weighted by Crippen LogP contribution is -2.15. The molecule has 2 aromatic carbocycles. The Balaban J connectivity index is 1.58. The minimum Gasteiger partial charge on any atom is -0.431 e. The smallest absolute Gasteiger partial charge is 0.256 e. The van der Waals surface area contributed by atoms with Crippen LogP contribution in [0.4, 0.5) is 14.5 Å². The first-order chi connectivity index (χ1) is 12.0. The van der Waals surface area contributed by atoms with Crippen LogP contribution in [0, 0.1) is 11.6 Å². The maximum absolute atomic E-state index is 13.7. The van der Waals surface area contributed by atoms with E-state index in [4.69, 9.17) is 4.42 Å². The molecule has 0 fully saturated rings. The molecule has 3 aromatic rings. The van der Waals surface area contributed by atoms with Crippen LogP contribution in [-0.4, -0.2) is 16.6 Å². The molecular weight excluding hydrogens is 414 g/mol. The Morgan fingerprint density at radius 3 is 2.68 bits per heavy atom. The summed E-state index contributed by atoms with van der Waals surface area (Å²) in [6.45, 7) is 0. The van der Waals surface area contributed by atoms with E-state index < -0.39 is 5.82 Å². The van der Waals surface area contributed by atoms with Crippen molar-refractivity contribution in [1.29, 1.82) is 0 Å². The molecule has 0 unspecified atom stereocenters. The summed E-state index contributed by atoms with van der Waals surface area (Å²) in [5.74, 6) is -0.759. The number of oxazole rings is 1. The first-order valence-electron chi connectivity index (χ1n) is 7.11. The summed E-state index contributed by atoms with van der Waals surface area (Å²) >= 11 is 4.23. The lowest BCUT2D eigenvalue weighted by molar-refractivity contribution is -0.113. The van der Waals surface area contributed by atoms with Crippen LogP contribution in [-0.2, 0) is 4.79 Å². The van der Waals surface area contributed by atoms with Crippen molar-refractivity contribution in [2.45, 2.75) is 5.22 Å². The van der Waals surface area contributed by atoms with Gasteiger partial charge in [0.25, 0.3) is 5.22 Å². The highest BCUT2D eigenvalue weighted by Crippen LogP contribution is 2.26. The van der Waals surface area contributed by atoms with Gasteiger partial charge in [0, 0.05) is 10.0 Å². The van der Waals surface area contributed by atoms with Crippen molar-refractivity contribution in [3.05, 3.63) is 64.8 Å². The van der Waals surface area contributed by atoms with Gasteiger partial charge in [0.05, 0.1) is 17.6 Å².